The van der Waals surface area contributed by atoms with Gasteiger partial charge in [0, 0.05) is 17.1 Å². The average molecular weight is 285 g/mol. The molecule has 0 spiro atoms. The van der Waals surface area contributed by atoms with Gasteiger partial charge in [-0.25, -0.2) is 0 Å². The van der Waals surface area contributed by atoms with Gasteiger partial charge in [0.05, 0.1) is 18.3 Å². The van der Waals surface area contributed by atoms with Gasteiger partial charge in [0.15, 0.2) is 5.75 Å². The summed E-state index contributed by atoms with van der Waals surface area (Å²) >= 11 is 11.9. The average Bonchev–Trinajstić information content (AvgIpc) is 2.77. The van der Waals surface area contributed by atoms with Crippen molar-refractivity contribution < 1.29 is 4.74 Å². The van der Waals surface area contributed by atoms with Crippen LogP contribution in [0.3, 0.4) is 0 Å². The summed E-state index contributed by atoms with van der Waals surface area (Å²) in [5.41, 5.74) is 0.795. The minimum absolute atomic E-state index is 0.318. The molecule has 18 heavy (non-hydrogen) atoms. The number of halogens is 2. The predicted molar refractivity (Wildman–Crippen MR) is 73.6 cm³/mol. The Morgan fingerprint density at radius 2 is 2.22 bits per heavy atom. The van der Waals surface area contributed by atoms with E-state index >= 15 is 0 Å². The summed E-state index contributed by atoms with van der Waals surface area (Å²) in [6.45, 7) is 2.98. The molecule has 1 heterocycles. The lowest BCUT2D eigenvalue weighted by molar-refractivity contribution is 0.476. The van der Waals surface area contributed by atoms with Crippen LogP contribution in [0.15, 0.2) is 30.6 Å². The first-order valence-electron chi connectivity index (χ1n) is 5.78. The van der Waals surface area contributed by atoms with Crippen molar-refractivity contribution in [2.75, 3.05) is 0 Å². The van der Waals surface area contributed by atoms with Crippen molar-refractivity contribution in [2.24, 2.45) is 0 Å². The molecule has 0 atom stereocenters. The van der Waals surface area contributed by atoms with Gasteiger partial charge >= 0.3 is 0 Å². The molecular formula is C13H14Cl2N2O. The van der Waals surface area contributed by atoms with Crippen molar-refractivity contribution in [2.45, 2.75) is 25.8 Å². The molecule has 0 fully saturated rings. The van der Waals surface area contributed by atoms with Crippen molar-refractivity contribution in [1.82, 2.24) is 9.78 Å². The van der Waals surface area contributed by atoms with E-state index in [2.05, 4.69) is 12.0 Å². The van der Waals surface area contributed by atoms with Gasteiger partial charge < -0.3 is 4.74 Å². The van der Waals surface area contributed by atoms with E-state index in [4.69, 9.17) is 27.9 Å². The smallest absolute Gasteiger partial charge is 0.165 e. The van der Waals surface area contributed by atoms with E-state index in [0.29, 0.717) is 22.4 Å². The number of ether oxygens (including phenoxy) is 1. The third-order valence-electron chi connectivity index (χ3n) is 2.50. The molecule has 0 bridgehead atoms. The zero-order valence-corrected chi connectivity index (χ0v) is 11.6. The summed E-state index contributed by atoms with van der Waals surface area (Å²) < 4.78 is 7.60. The van der Waals surface area contributed by atoms with Crippen LogP contribution in [0.4, 0.5) is 0 Å². The van der Waals surface area contributed by atoms with Crippen LogP contribution in [0.1, 0.15) is 18.9 Å². The van der Waals surface area contributed by atoms with E-state index in [1.165, 1.54) is 0 Å². The summed E-state index contributed by atoms with van der Waals surface area (Å²) in [6, 6.07) is 5.48. The van der Waals surface area contributed by atoms with E-state index < -0.39 is 0 Å². The molecule has 0 radical (unpaired) electrons. The molecule has 0 saturated carbocycles. The van der Waals surface area contributed by atoms with Gasteiger partial charge in [-0.05, 0) is 18.6 Å². The van der Waals surface area contributed by atoms with Gasteiger partial charge in [0.1, 0.15) is 5.75 Å². The Morgan fingerprint density at radius 1 is 1.39 bits per heavy atom. The molecule has 3 nitrogen and oxygen atoms in total. The minimum Gasteiger partial charge on any atom is -0.454 e. The maximum absolute atomic E-state index is 6.07. The van der Waals surface area contributed by atoms with Gasteiger partial charge in [-0.3, -0.25) is 4.68 Å². The monoisotopic (exact) mass is 284 g/mol. The number of nitrogens with zero attached hydrogens (tertiary/aromatic N) is 2. The Hall–Kier alpha value is -1.19. The van der Waals surface area contributed by atoms with Crippen molar-refractivity contribution in [3.8, 4) is 11.5 Å². The van der Waals surface area contributed by atoms with Crippen LogP contribution >= 0.6 is 23.2 Å². The summed E-state index contributed by atoms with van der Waals surface area (Å²) in [4.78, 5) is 0. The number of hydrogen-bond acceptors (Lipinski definition) is 2. The number of hydrogen-bond donors (Lipinski definition) is 0. The third-order valence-corrected chi connectivity index (χ3v) is 3.12. The molecule has 2 rings (SSSR count). The highest BCUT2D eigenvalue weighted by Crippen LogP contribution is 2.31. The molecule has 0 aliphatic heterocycles. The summed E-state index contributed by atoms with van der Waals surface area (Å²) in [7, 11) is 0. The first-order chi connectivity index (χ1) is 8.74. The van der Waals surface area contributed by atoms with E-state index in [-0.39, 0.29) is 0 Å². The molecule has 0 saturated heterocycles. The molecule has 0 unspecified atom stereocenters. The van der Waals surface area contributed by atoms with E-state index in [1.54, 1.807) is 12.3 Å². The van der Waals surface area contributed by atoms with Crippen LogP contribution in [-0.4, -0.2) is 9.78 Å². The van der Waals surface area contributed by atoms with E-state index in [9.17, 15) is 0 Å². The SMILES string of the molecule is CCCn1cc(Oc2cccc(Cl)c2CCl)cn1. The molecule has 0 aliphatic rings. The Balaban J connectivity index is 2.20. The summed E-state index contributed by atoms with van der Waals surface area (Å²) in [5.74, 6) is 1.68. The molecule has 0 N–H and O–H groups in total. The third kappa shape index (κ3) is 2.98. The first kappa shape index (κ1) is 13.2. The molecule has 2 aromatic rings. The fourth-order valence-electron chi connectivity index (χ4n) is 1.64. The Labute approximate surface area is 116 Å². The fraction of sp³-hybridized carbons (Fsp3) is 0.308. The lowest BCUT2D eigenvalue weighted by atomic mass is 10.2. The number of benzene rings is 1. The standard InChI is InChI=1S/C13H14Cl2N2O/c1-2-6-17-9-10(8-16-17)18-13-5-3-4-12(15)11(13)7-14/h3-5,8-9H,2,6-7H2,1H3. The minimum atomic E-state index is 0.318. The van der Waals surface area contributed by atoms with Crippen molar-refractivity contribution in [3.63, 3.8) is 0 Å². The topological polar surface area (TPSA) is 27.1 Å². The van der Waals surface area contributed by atoms with Gasteiger partial charge in [-0.2, -0.15) is 5.10 Å². The van der Waals surface area contributed by atoms with E-state index in [1.807, 2.05) is 23.0 Å². The maximum Gasteiger partial charge on any atom is 0.165 e. The van der Waals surface area contributed by atoms with Gasteiger partial charge in [-0.15, -0.1) is 11.6 Å². The number of rotatable bonds is 5. The van der Waals surface area contributed by atoms with Crippen LogP contribution in [0.5, 0.6) is 11.5 Å². The molecular weight excluding hydrogens is 271 g/mol. The lowest BCUT2D eigenvalue weighted by Gasteiger charge is -2.08. The van der Waals surface area contributed by atoms with Crippen molar-refractivity contribution in [3.05, 3.63) is 41.2 Å². The van der Waals surface area contributed by atoms with Crippen LogP contribution in [-0.2, 0) is 12.4 Å². The Morgan fingerprint density at radius 3 is 2.94 bits per heavy atom. The fourth-order valence-corrected chi connectivity index (χ4v) is 2.22. The molecule has 1 aromatic carbocycles. The molecule has 0 amide bonds. The Kier molecular flexibility index (Phi) is 4.50. The maximum atomic E-state index is 6.07. The lowest BCUT2D eigenvalue weighted by Crippen LogP contribution is -1.95. The van der Waals surface area contributed by atoms with Gasteiger partial charge in [0.25, 0.3) is 0 Å². The normalized spacial score (nSPS) is 10.6. The van der Waals surface area contributed by atoms with Crippen molar-refractivity contribution >= 4 is 23.2 Å². The van der Waals surface area contributed by atoms with Crippen LogP contribution < -0.4 is 4.74 Å². The molecule has 0 aliphatic carbocycles. The second kappa shape index (κ2) is 6.12. The highest BCUT2D eigenvalue weighted by molar-refractivity contribution is 6.32. The first-order valence-corrected chi connectivity index (χ1v) is 6.69. The summed E-state index contributed by atoms with van der Waals surface area (Å²) in [5, 5.41) is 4.82. The van der Waals surface area contributed by atoms with E-state index in [0.717, 1.165) is 18.5 Å². The van der Waals surface area contributed by atoms with Gasteiger partial charge in [-0.1, -0.05) is 24.6 Å². The van der Waals surface area contributed by atoms with Crippen LogP contribution in [0.2, 0.25) is 5.02 Å². The quantitative estimate of drug-likeness (QED) is 0.757. The van der Waals surface area contributed by atoms with Crippen LogP contribution in [0, 0.1) is 0 Å². The molecule has 5 heteroatoms. The Bertz CT molecular complexity index is 525. The number of aromatic nitrogens is 2. The van der Waals surface area contributed by atoms with Crippen molar-refractivity contribution in [1.29, 1.82) is 0 Å². The highest BCUT2D eigenvalue weighted by Gasteiger charge is 2.09. The second-order valence-electron chi connectivity index (χ2n) is 3.89. The second-order valence-corrected chi connectivity index (χ2v) is 4.57. The summed E-state index contributed by atoms with van der Waals surface area (Å²) in [6.07, 6.45) is 4.59. The number of alkyl halides is 1. The molecule has 1 aromatic heterocycles. The number of aryl methyl sites for hydroxylation is 1. The molecule has 96 valence electrons. The zero-order valence-electron chi connectivity index (χ0n) is 10.1. The highest BCUT2D eigenvalue weighted by atomic mass is 35.5. The predicted octanol–water partition coefficient (Wildman–Crippen LogP) is 4.48. The zero-order chi connectivity index (χ0) is 13.0. The van der Waals surface area contributed by atoms with Gasteiger partial charge in [0.2, 0.25) is 0 Å². The largest absolute Gasteiger partial charge is 0.454 e. The van der Waals surface area contributed by atoms with Crippen LogP contribution in [0.25, 0.3) is 0 Å².